The van der Waals surface area contributed by atoms with Gasteiger partial charge in [0.05, 0.1) is 12.2 Å². The van der Waals surface area contributed by atoms with Crippen molar-refractivity contribution in [3.63, 3.8) is 0 Å². The van der Waals surface area contributed by atoms with Crippen molar-refractivity contribution in [2.45, 2.75) is 72.4 Å². The van der Waals surface area contributed by atoms with Crippen LogP contribution in [-0.2, 0) is 4.79 Å². The van der Waals surface area contributed by atoms with Crippen LogP contribution in [0.15, 0.2) is 34.9 Å². The number of carbonyl (C=O) groups is 1. The van der Waals surface area contributed by atoms with E-state index in [9.17, 15) is 25.2 Å². The van der Waals surface area contributed by atoms with Gasteiger partial charge in [0, 0.05) is 11.8 Å². The first-order valence-corrected chi connectivity index (χ1v) is 8.76. The highest BCUT2D eigenvalue weighted by molar-refractivity contribution is 5.78. The van der Waals surface area contributed by atoms with Crippen LogP contribution in [0.4, 0.5) is 0 Å². The summed E-state index contributed by atoms with van der Waals surface area (Å²) in [7, 11) is 0. The van der Waals surface area contributed by atoms with Gasteiger partial charge in [-0.2, -0.15) is 0 Å². The summed E-state index contributed by atoms with van der Waals surface area (Å²) in [5.41, 5.74) is -0.538. The summed E-state index contributed by atoms with van der Waals surface area (Å²) in [5.74, 6) is -2.13. The lowest BCUT2D eigenvalue weighted by Crippen LogP contribution is -2.47. The number of aliphatic hydroxyl groups is 4. The molecule has 0 aliphatic rings. The fourth-order valence-corrected chi connectivity index (χ4v) is 2.76. The summed E-state index contributed by atoms with van der Waals surface area (Å²) in [6.07, 6.45) is 2.09. The fraction of sp³-hybridized carbons (Fsp3) is 0.650. The lowest BCUT2D eigenvalue weighted by molar-refractivity contribution is -0.165. The molecular weight excluding hydrogens is 336 g/mol. The third-order valence-electron chi connectivity index (χ3n) is 4.83. The van der Waals surface area contributed by atoms with Gasteiger partial charge < -0.3 is 25.5 Å². The molecule has 0 aliphatic heterocycles. The van der Waals surface area contributed by atoms with E-state index >= 15 is 0 Å². The van der Waals surface area contributed by atoms with Crippen LogP contribution >= 0.6 is 0 Å². The summed E-state index contributed by atoms with van der Waals surface area (Å²) in [5, 5.41) is 49.6. The Morgan fingerprint density at radius 1 is 0.885 bits per heavy atom. The summed E-state index contributed by atoms with van der Waals surface area (Å²) in [6, 6.07) is 0. The number of rotatable bonds is 9. The van der Waals surface area contributed by atoms with E-state index in [1.807, 2.05) is 26.8 Å². The van der Waals surface area contributed by atoms with E-state index in [0.29, 0.717) is 5.57 Å². The maximum absolute atomic E-state index is 11.0. The fourth-order valence-electron chi connectivity index (χ4n) is 2.76. The minimum absolute atomic E-state index is 0.184. The van der Waals surface area contributed by atoms with E-state index in [1.165, 1.54) is 6.92 Å². The highest BCUT2D eigenvalue weighted by atomic mass is 16.4. The van der Waals surface area contributed by atoms with Crippen molar-refractivity contribution in [2.75, 3.05) is 0 Å². The zero-order valence-corrected chi connectivity index (χ0v) is 16.8. The van der Waals surface area contributed by atoms with E-state index in [1.54, 1.807) is 26.0 Å². The van der Waals surface area contributed by atoms with Gasteiger partial charge in [-0.05, 0) is 51.3 Å². The van der Waals surface area contributed by atoms with Gasteiger partial charge in [0.25, 0.3) is 0 Å². The second kappa shape index (κ2) is 10.0. The van der Waals surface area contributed by atoms with Crippen LogP contribution in [0.1, 0.15) is 48.5 Å². The maximum atomic E-state index is 11.0. The molecule has 0 unspecified atom stereocenters. The number of carboxylic acids is 1. The van der Waals surface area contributed by atoms with Crippen molar-refractivity contribution in [1.82, 2.24) is 0 Å². The second-order valence-electron chi connectivity index (χ2n) is 7.32. The van der Waals surface area contributed by atoms with Gasteiger partial charge >= 0.3 is 5.97 Å². The molecule has 0 aromatic heterocycles. The van der Waals surface area contributed by atoms with Crippen molar-refractivity contribution in [1.29, 1.82) is 0 Å². The highest BCUT2D eigenvalue weighted by Gasteiger charge is 2.39. The topological polar surface area (TPSA) is 118 Å². The molecule has 6 heteroatoms. The number of hydrogen-bond donors (Lipinski definition) is 5. The van der Waals surface area contributed by atoms with Crippen LogP contribution in [0.25, 0.3) is 0 Å². The molecule has 0 aromatic carbocycles. The molecule has 0 fully saturated rings. The molecule has 0 rings (SSSR count). The third kappa shape index (κ3) is 6.36. The third-order valence-corrected chi connectivity index (χ3v) is 4.83. The molecule has 150 valence electrons. The van der Waals surface area contributed by atoms with Crippen molar-refractivity contribution >= 4 is 5.97 Å². The SMILES string of the molecule is C/C=C(\C)[C@@H](O)[C@@H](C)/C=C(\C)[C@H](O)[C@@H](C)/C=C(\C)[C@H](O)[C@](C)(O)C(=O)O. The van der Waals surface area contributed by atoms with Crippen LogP contribution in [0.5, 0.6) is 0 Å². The molecule has 0 aliphatic carbocycles. The minimum atomic E-state index is -2.31. The predicted molar refractivity (Wildman–Crippen MR) is 102 cm³/mol. The lowest BCUT2D eigenvalue weighted by atomic mass is 9.88. The van der Waals surface area contributed by atoms with Crippen LogP contribution in [-0.4, -0.2) is 55.4 Å². The van der Waals surface area contributed by atoms with E-state index < -0.39 is 35.8 Å². The van der Waals surface area contributed by atoms with Crippen molar-refractivity contribution in [3.05, 3.63) is 34.9 Å². The number of aliphatic carboxylic acids is 1. The van der Waals surface area contributed by atoms with E-state index in [-0.39, 0.29) is 11.5 Å². The highest BCUT2D eigenvalue weighted by Crippen LogP contribution is 2.23. The Morgan fingerprint density at radius 3 is 1.65 bits per heavy atom. The number of aliphatic hydroxyl groups excluding tert-OH is 3. The van der Waals surface area contributed by atoms with Gasteiger partial charge in [0.2, 0.25) is 0 Å². The summed E-state index contributed by atoms with van der Waals surface area (Å²) >= 11 is 0. The Hall–Kier alpha value is -1.47. The lowest BCUT2D eigenvalue weighted by Gasteiger charge is -2.27. The average molecular weight is 370 g/mol. The second-order valence-corrected chi connectivity index (χ2v) is 7.32. The van der Waals surface area contributed by atoms with E-state index in [0.717, 1.165) is 12.5 Å². The smallest absolute Gasteiger partial charge is 0.338 e. The molecule has 5 N–H and O–H groups in total. The van der Waals surface area contributed by atoms with E-state index in [2.05, 4.69) is 0 Å². The normalized spacial score (nSPS) is 22.2. The van der Waals surface area contributed by atoms with Gasteiger partial charge in [-0.15, -0.1) is 0 Å². The molecular formula is C20H34O6. The van der Waals surface area contributed by atoms with Crippen LogP contribution in [0, 0.1) is 11.8 Å². The minimum Gasteiger partial charge on any atom is -0.479 e. The number of allylic oxidation sites excluding steroid dienone is 1. The van der Waals surface area contributed by atoms with Gasteiger partial charge in [-0.3, -0.25) is 0 Å². The standard InChI is InChI=1S/C20H34O6/c1-8-11(2)16(21)12(3)9-13(4)17(22)14(5)10-15(6)18(23)20(7,26)19(24)25/h8-10,12,14,16-18,21-23,26H,1-7H3,(H,24,25)/b11-8+,13-9+,15-10+/t12-,14-,16+,17-,18-,20-/m0/s1. The quantitative estimate of drug-likeness (QED) is 0.396. The van der Waals surface area contributed by atoms with Gasteiger partial charge in [-0.25, -0.2) is 4.79 Å². The summed E-state index contributed by atoms with van der Waals surface area (Å²) in [4.78, 5) is 11.0. The zero-order chi connectivity index (χ0) is 20.8. The van der Waals surface area contributed by atoms with Crippen molar-refractivity contribution < 1.29 is 30.3 Å². The van der Waals surface area contributed by atoms with Crippen molar-refractivity contribution in [3.8, 4) is 0 Å². The average Bonchev–Trinajstić information content (AvgIpc) is 2.57. The molecule has 6 atom stereocenters. The monoisotopic (exact) mass is 370 g/mol. The van der Waals surface area contributed by atoms with E-state index in [4.69, 9.17) is 5.11 Å². The first-order chi connectivity index (χ1) is 11.8. The molecule has 0 spiro atoms. The largest absolute Gasteiger partial charge is 0.479 e. The van der Waals surface area contributed by atoms with Crippen molar-refractivity contribution in [2.24, 2.45) is 11.8 Å². The van der Waals surface area contributed by atoms with Crippen LogP contribution < -0.4 is 0 Å². The van der Waals surface area contributed by atoms with Gasteiger partial charge in [-0.1, -0.05) is 32.1 Å². The van der Waals surface area contributed by atoms with Crippen LogP contribution in [0.3, 0.4) is 0 Å². The molecule has 0 aromatic rings. The Bertz CT molecular complexity index is 573. The molecule has 6 nitrogen and oxygen atoms in total. The molecule has 0 radical (unpaired) electrons. The Labute approximate surface area is 156 Å². The maximum Gasteiger partial charge on any atom is 0.338 e. The summed E-state index contributed by atoms with van der Waals surface area (Å²) < 4.78 is 0. The molecule has 0 heterocycles. The van der Waals surface area contributed by atoms with Gasteiger partial charge in [0.15, 0.2) is 5.60 Å². The molecule has 0 bridgehead atoms. The van der Waals surface area contributed by atoms with Gasteiger partial charge in [0.1, 0.15) is 6.10 Å². The first kappa shape index (κ1) is 24.5. The Kier molecular flexibility index (Phi) is 9.45. The molecule has 26 heavy (non-hydrogen) atoms. The van der Waals surface area contributed by atoms with Crippen LogP contribution in [0.2, 0.25) is 0 Å². The Balaban J connectivity index is 5.28. The molecule has 0 amide bonds. The molecule has 0 saturated carbocycles. The first-order valence-electron chi connectivity index (χ1n) is 8.76. The number of carboxylic acid groups (broad SMARTS) is 1. The summed E-state index contributed by atoms with van der Waals surface area (Å²) in [6.45, 7) is 11.6. The Morgan fingerprint density at radius 2 is 1.27 bits per heavy atom. The molecule has 0 saturated heterocycles. The zero-order valence-electron chi connectivity index (χ0n) is 16.8. The number of hydrogen-bond acceptors (Lipinski definition) is 5. The predicted octanol–water partition coefficient (Wildman–Crippen LogP) is 2.04.